The van der Waals surface area contributed by atoms with Gasteiger partial charge in [-0.1, -0.05) is 45.0 Å². The van der Waals surface area contributed by atoms with Gasteiger partial charge in [0.1, 0.15) is 5.75 Å². The molecule has 0 radical (unpaired) electrons. The highest BCUT2D eigenvalue weighted by Gasteiger charge is 2.14. The zero-order valence-corrected chi connectivity index (χ0v) is 12.4. The second-order valence-electron chi connectivity index (χ2n) is 6.07. The number of phenols is 1. The third-order valence-electron chi connectivity index (χ3n) is 3.51. The highest BCUT2D eigenvalue weighted by molar-refractivity contribution is 5.91. The van der Waals surface area contributed by atoms with Crippen molar-refractivity contribution in [3.63, 3.8) is 0 Å². The molecule has 0 atom stereocenters. The van der Waals surface area contributed by atoms with Crippen molar-refractivity contribution in [1.82, 2.24) is 0 Å². The Morgan fingerprint density at radius 2 is 1.33 bits per heavy atom. The number of carbonyl (C=O) groups excluding carboxylic acids is 2. The molecule has 0 aliphatic heterocycles. The SMILES string of the molecule is CC(C)(C)c1ccc(-c2cc(C=O)c(O)c(C=O)c2)cc1. The number of carbonyl (C=O) groups is 2. The number of phenolic OH excluding ortho intramolecular Hbond substituents is 1. The van der Waals surface area contributed by atoms with E-state index in [2.05, 4.69) is 20.8 Å². The van der Waals surface area contributed by atoms with Crippen molar-refractivity contribution in [2.45, 2.75) is 26.2 Å². The number of hydrogen-bond acceptors (Lipinski definition) is 3. The summed E-state index contributed by atoms with van der Waals surface area (Å²) in [6, 6.07) is 11.1. The summed E-state index contributed by atoms with van der Waals surface area (Å²) in [7, 11) is 0. The minimum Gasteiger partial charge on any atom is -0.506 e. The molecule has 108 valence electrons. The van der Waals surface area contributed by atoms with Crippen molar-refractivity contribution in [1.29, 1.82) is 0 Å². The molecule has 21 heavy (non-hydrogen) atoms. The van der Waals surface area contributed by atoms with Gasteiger partial charge in [-0.25, -0.2) is 0 Å². The van der Waals surface area contributed by atoms with E-state index in [1.807, 2.05) is 24.3 Å². The van der Waals surface area contributed by atoms with Crippen molar-refractivity contribution >= 4 is 12.6 Å². The first-order chi connectivity index (χ1) is 9.86. The smallest absolute Gasteiger partial charge is 0.153 e. The number of benzene rings is 2. The van der Waals surface area contributed by atoms with Crippen LogP contribution in [0.1, 0.15) is 47.1 Å². The van der Waals surface area contributed by atoms with Gasteiger partial charge in [0.15, 0.2) is 12.6 Å². The third kappa shape index (κ3) is 3.02. The lowest BCUT2D eigenvalue weighted by molar-refractivity contribution is 0.112. The molecule has 0 spiro atoms. The predicted octanol–water partition coefficient (Wildman–Crippen LogP) is 3.98. The molecule has 0 fully saturated rings. The summed E-state index contributed by atoms with van der Waals surface area (Å²) in [6.07, 6.45) is 1.10. The number of rotatable bonds is 3. The molecule has 0 aromatic heterocycles. The van der Waals surface area contributed by atoms with Crippen LogP contribution in [0.5, 0.6) is 5.75 Å². The zero-order valence-electron chi connectivity index (χ0n) is 12.4. The lowest BCUT2D eigenvalue weighted by Gasteiger charge is -2.19. The van der Waals surface area contributed by atoms with Gasteiger partial charge in [0.2, 0.25) is 0 Å². The fraction of sp³-hybridized carbons (Fsp3) is 0.222. The lowest BCUT2D eigenvalue weighted by Crippen LogP contribution is -2.10. The second kappa shape index (κ2) is 5.52. The Balaban J connectivity index is 2.52. The number of aromatic hydroxyl groups is 1. The van der Waals surface area contributed by atoms with E-state index in [1.165, 1.54) is 5.56 Å². The Morgan fingerprint density at radius 1 is 0.857 bits per heavy atom. The van der Waals surface area contributed by atoms with Crippen LogP contribution in [0.4, 0.5) is 0 Å². The minimum atomic E-state index is -0.268. The third-order valence-corrected chi connectivity index (χ3v) is 3.51. The summed E-state index contributed by atoms with van der Waals surface area (Å²) < 4.78 is 0. The molecule has 0 aliphatic carbocycles. The molecule has 0 saturated carbocycles. The highest BCUT2D eigenvalue weighted by atomic mass is 16.3. The van der Waals surface area contributed by atoms with Gasteiger partial charge in [0.25, 0.3) is 0 Å². The average Bonchev–Trinajstić information content (AvgIpc) is 2.47. The molecule has 0 saturated heterocycles. The van der Waals surface area contributed by atoms with Crippen LogP contribution < -0.4 is 0 Å². The number of aldehydes is 2. The quantitative estimate of drug-likeness (QED) is 0.866. The highest BCUT2D eigenvalue weighted by Crippen LogP contribution is 2.30. The Bertz CT molecular complexity index is 648. The normalized spacial score (nSPS) is 11.2. The number of hydrogen-bond donors (Lipinski definition) is 1. The van der Waals surface area contributed by atoms with E-state index in [1.54, 1.807) is 12.1 Å². The largest absolute Gasteiger partial charge is 0.506 e. The fourth-order valence-corrected chi connectivity index (χ4v) is 2.19. The van der Waals surface area contributed by atoms with E-state index in [-0.39, 0.29) is 22.3 Å². The lowest BCUT2D eigenvalue weighted by atomic mass is 9.86. The van der Waals surface area contributed by atoms with Crippen molar-refractivity contribution in [3.8, 4) is 16.9 Å². The van der Waals surface area contributed by atoms with Crippen LogP contribution in [0, 0.1) is 0 Å². The van der Waals surface area contributed by atoms with Gasteiger partial charge < -0.3 is 5.11 Å². The minimum absolute atomic E-state index is 0.0649. The van der Waals surface area contributed by atoms with Gasteiger partial charge in [0, 0.05) is 0 Å². The van der Waals surface area contributed by atoms with Crippen LogP contribution in [0.3, 0.4) is 0 Å². The van der Waals surface area contributed by atoms with Crippen LogP contribution in [-0.2, 0) is 5.41 Å². The van der Waals surface area contributed by atoms with Gasteiger partial charge in [0.05, 0.1) is 11.1 Å². The maximum atomic E-state index is 11.0. The Labute approximate surface area is 124 Å². The summed E-state index contributed by atoms with van der Waals surface area (Å²) in [6.45, 7) is 6.41. The first-order valence-corrected chi connectivity index (χ1v) is 6.75. The van der Waals surface area contributed by atoms with Crippen LogP contribution in [-0.4, -0.2) is 17.7 Å². The first-order valence-electron chi connectivity index (χ1n) is 6.75. The van der Waals surface area contributed by atoms with Crippen LogP contribution in [0.25, 0.3) is 11.1 Å². The van der Waals surface area contributed by atoms with E-state index >= 15 is 0 Å². The van der Waals surface area contributed by atoms with Gasteiger partial charge in [-0.2, -0.15) is 0 Å². The van der Waals surface area contributed by atoms with E-state index in [0.29, 0.717) is 12.6 Å². The molecule has 2 aromatic carbocycles. The average molecular weight is 282 g/mol. The summed E-state index contributed by atoms with van der Waals surface area (Å²) in [5.74, 6) is -0.268. The standard InChI is InChI=1S/C18H18O3/c1-18(2,3)16-6-4-12(5-7-16)13-8-14(10-19)17(21)15(9-13)11-20/h4-11,21H,1-3H3. The summed E-state index contributed by atoms with van der Waals surface area (Å²) in [4.78, 5) is 22.0. The molecule has 0 unspecified atom stereocenters. The van der Waals surface area contributed by atoms with Crippen LogP contribution in [0.2, 0.25) is 0 Å². The molecule has 0 heterocycles. The van der Waals surface area contributed by atoms with E-state index in [4.69, 9.17) is 0 Å². The Hall–Kier alpha value is -2.42. The monoisotopic (exact) mass is 282 g/mol. The topological polar surface area (TPSA) is 54.4 Å². The van der Waals surface area contributed by atoms with Gasteiger partial charge in [-0.05, 0) is 34.2 Å². The summed E-state index contributed by atoms with van der Waals surface area (Å²) >= 11 is 0. The van der Waals surface area contributed by atoms with Crippen molar-refractivity contribution in [2.75, 3.05) is 0 Å². The van der Waals surface area contributed by atoms with E-state index in [0.717, 1.165) is 11.1 Å². The predicted molar refractivity (Wildman–Crippen MR) is 83.0 cm³/mol. The molecule has 3 heteroatoms. The molecule has 2 aromatic rings. The van der Waals surface area contributed by atoms with Crippen LogP contribution >= 0.6 is 0 Å². The zero-order chi connectivity index (χ0) is 15.6. The van der Waals surface area contributed by atoms with Gasteiger partial charge >= 0.3 is 0 Å². The maximum absolute atomic E-state index is 11.0. The van der Waals surface area contributed by atoms with E-state index in [9.17, 15) is 14.7 Å². The molecule has 0 aliphatic rings. The molecular weight excluding hydrogens is 264 g/mol. The maximum Gasteiger partial charge on any atom is 0.153 e. The summed E-state index contributed by atoms with van der Waals surface area (Å²) in [5, 5.41) is 9.75. The van der Waals surface area contributed by atoms with Gasteiger partial charge in [-0.15, -0.1) is 0 Å². The van der Waals surface area contributed by atoms with Gasteiger partial charge in [-0.3, -0.25) is 9.59 Å². The van der Waals surface area contributed by atoms with E-state index < -0.39 is 0 Å². The van der Waals surface area contributed by atoms with Crippen molar-refractivity contribution in [2.24, 2.45) is 0 Å². The molecule has 3 nitrogen and oxygen atoms in total. The Kier molecular flexibility index (Phi) is 3.94. The Morgan fingerprint density at radius 3 is 1.71 bits per heavy atom. The molecule has 0 bridgehead atoms. The fourth-order valence-electron chi connectivity index (χ4n) is 2.19. The molecule has 2 rings (SSSR count). The molecule has 0 amide bonds. The van der Waals surface area contributed by atoms with Crippen molar-refractivity contribution in [3.05, 3.63) is 53.1 Å². The van der Waals surface area contributed by atoms with Crippen LogP contribution in [0.15, 0.2) is 36.4 Å². The molecular formula is C18H18O3. The first kappa shape index (κ1) is 15.0. The second-order valence-corrected chi connectivity index (χ2v) is 6.07. The summed E-state index contributed by atoms with van der Waals surface area (Å²) in [5.41, 5.74) is 3.14. The van der Waals surface area contributed by atoms with Crippen molar-refractivity contribution < 1.29 is 14.7 Å². The molecule has 1 N–H and O–H groups in total.